The van der Waals surface area contributed by atoms with Crippen molar-refractivity contribution in [2.45, 2.75) is 13.0 Å². The standard InChI is InChI=1S/C14H16BrNO4/c1-9-8-16(2-3-18-9)14(17)10-6-11(15)13-12(7-10)19-4-5-20-13/h6-7,9H,2-5,8H2,1H3/t9-/m1/s1. The van der Waals surface area contributed by atoms with Gasteiger partial charge in [-0.05, 0) is 35.0 Å². The molecule has 0 radical (unpaired) electrons. The average Bonchev–Trinajstić information content (AvgIpc) is 2.46. The van der Waals surface area contributed by atoms with Crippen molar-refractivity contribution < 1.29 is 19.0 Å². The van der Waals surface area contributed by atoms with E-state index in [0.29, 0.717) is 50.0 Å². The molecule has 1 aromatic rings. The van der Waals surface area contributed by atoms with Crippen LogP contribution in [0.2, 0.25) is 0 Å². The topological polar surface area (TPSA) is 48.0 Å². The lowest BCUT2D eigenvalue weighted by atomic mass is 10.1. The highest BCUT2D eigenvalue weighted by molar-refractivity contribution is 9.10. The molecule has 1 aromatic carbocycles. The molecule has 0 aliphatic carbocycles. The van der Waals surface area contributed by atoms with E-state index in [1.54, 1.807) is 12.1 Å². The smallest absolute Gasteiger partial charge is 0.254 e. The van der Waals surface area contributed by atoms with Crippen molar-refractivity contribution in [1.82, 2.24) is 4.90 Å². The van der Waals surface area contributed by atoms with E-state index in [1.807, 2.05) is 11.8 Å². The fourth-order valence-corrected chi connectivity index (χ4v) is 2.98. The number of nitrogens with zero attached hydrogens (tertiary/aromatic N) is 1. The number of fused-ring (bicyclic) bond motifs is 1. The van der Waals surface area contributed by atoms with Crippen LogP contribution >= 0.6 is 15.9 Å². The Morgan fingerprint density at radius 3 is 2.90 bits per heavy atom. The van der Waals surface area contributed by atoms with Crippen LogP contribution in [0.25, 0.3) is 0 Å². The predicted octanol–water partition coefficient (Wildman–Crippen LogP) is 2.08. The molecule has 1 saturated heterocycles. The number of ether oxygens (including phenoxy) is 3. The van der Waals surface area contributed by atoms with E-state index >= 15 is 0 Å². The van der Waals surface area contributed by atoms with Crippen LogP contribution in [0, 0.1) is 0 Å². The van der Waals surface area contributed by atoms with Gasteiger partial charge in [-0.3, -0.25) is 4.79 Å². The number of carbonyl (C=O) groups is 1. The van der Waals surface area contributed by atoms with Crippen LogP contribution in [0.3, 0.4) is 0 Å². The van der Waals surface area contributed by atoms with E-state index in [9.17, 15) is 4.79 Å². The number of hydrogen-bond donors (Lipinski definition) is 0. The van der Waals surface area contributed by atoms with Crippen molar-refractivity contribution in [2.24, 2.45) is 0 Å². The molecule has 2 heterocycles. The van der Waals surface area contributed by atoms with Crippen LogP contribution < -0.4 is 9.47 Å². The van der Waals surface area contributed by atoms with Gasteiger partial charge in [0.25, 0.3) is 5.91 Å². The van der Waals surface area contributed by atoms with E-state index in [4.69, 9.17) is 14.2 Å². The largest absolute Gasteiger partial charge is 0.486 e. The summed E-state index contributed by atoms with van der Waals surface area (Å²) in [6.07, 6.45) is 0.0772. The first-order valence-electron chi connectivity index (χ1n) is 6.65. The van der Waals surface area contributed by atoms with Gasteiger partial charge in [-0.1, -0.05) is 0 Å². The zero-order valence-electron chi connectivity index (χ0n) is 11.2. The highest BCUT2D eigenvalue weighted by Crippen LogP contribution is 2.38. The molecule has 1 amide bonds. The number of rotatable bonds is 1. The summed E-state index contributed by atoms with van der Waals surface area (Å²) in [5.41, 5.74) is 0.607. The Morgan fingerprint density at radius 2 is 2.10 bits per heavy atom. The zero-order chi connectivity index (χ0) is 14.1. The Balaban J connectivity index is 1.86. The second kappa shape index (κ2) is 5.61. The van der Waals surface area contributed by atoms with Crippen LogP contribution in [0.4, 0.5) is 0 Å². The van der Waals surface area contributed by atoms with Gasteiger partial charge in [-0.25, -0.2) is 0 Å². The first-order chi connectivity index (χ1) is 9.65. The molecule has 0 spiro atoms. The molecule has 0 saturated carbocycles. The summed E-state index contributed by atoms with van der Waals surface area (Å²) in [5, 5.41) is 0. The second-order valence-electron chi connectivity index (χ2n) is 4.91. The fraction of sp³-hybridized carbons (Fsp3) is 0.500. The Bertz CT molecular complexity index is 534. The molecule has 6 heteroatoms. The monoisotopic (exact) mass is 341 g/mol. The van der Waals surface area contributed by atoms with Gasteiger partial charge in [-0.2, -0.15) is 0 Å². The molecular weight excluding hydrogens is 326 g/mol. The molecule has 5 nitrogen and oxygen atoms in total. The minimum atomic E-state index is -0.00202. The van der Waals surface area contributed by atoms with Crippen molar-refractivity contribution in [3.05, 3.63) is 22.2 Å². The summed E-state index contributed by atoms with van der Waals surface area (Å²) in [4.78, 5) is 14.3. The molecule has 2 aliphatic rings. The lowest BCUT2D eigenvalue weighted by molar-refractivity contribution is -0.0124. The number of halogens is 1. The maximum absolute atomic E-state index is 12.5. The van der Waals surface area contributed by atoms with Crippen molar-refractivity contribution in [1.29, 1.82) is 0 Å². The zero-order valence-corrected chi connectivity index (χ0v) is 12.8. The van der Waals surface area contributed by atoms with Crippen LogP contribution in [0.1, 0.15) is 17.3 Å². The predicted molar refractivity (Wildman–Crippen MR) is 76.4 cm³/mol. The molecule has 20 heavy (non-hydrogen) atoms. The first kappa shape index (κ1) is 13.7. The summed E-state index contributed by atoms with van der Waals surface area (Å²) < 4.78 is 17.3. The van der Waals surface area contributed by atoms with Gasteiger partial charge < -0.3 is 19.1 Å². The third kappa shape index (κ3) is 2.62. The van der Waals surface area contributed by atoms with Gasteiger partial charge in [0.05, 0.1) is 17.2 Å². The minimum Gasteiger partial charge on any atom is -0.486 e. The van der Waals surface area contributed by atoms with Gasteiger partial charge >= 0.3 is 0 Å². The molecule has 1 fully saturated rings. The summed E-state index contributed by atoms with van der Waals surface area (Å²) >= 11 is 3.44. The van der Waals surface area contributed by atoms with E-state index in [2.05, 4.69) is 15.9 Å². The minimum absolute atomic E-state index is 0.00202. The number of benzene rings is 1. The van der Waals surface area contributed by atoms with Crippen LogP contribution in [-0.2, 0) is 4.74 Å². The fourth-order valence-electron chi connectivity index (χ4n) is 2.42. The third-order valence-corrected chi connectivity index (χ3v) is 3.96. The normalized spacial score (nSPS) is 21.7. The van der Waals surface area contributed by atoms with Crippen molar-refractivity contribution in [3.63, 3.8) is 0 Å². The lowest BCUT2D eigenvalue weighted by Gasteiger charge is -2.31. The van der Waals surface area contributed by atoms with Crippen molar-refractivity contribution in [2.75, 3.05) is 32.9 Å². The van der Waals surface area contributed by atoms with Crippen LogP contribution in [0.15, 0.2) is 16.6 Å². The molecular formula is C14H16BrNO4. The Morgan fingerprint density at radius 1 is 1.30 bits per heavy atom. The van der Waals surface area contributed by atoms with Gasteiger partial charge in [0.1, 0.15) is 13.2 Å². The average molecular weight is 342 g/mol. The van der Waals surface area contributed by atoms with Gasteiger partial charge in [0.15, 0.2) is 11.5 Å². The summed E-state index contributed by atoms with van der Waals surface area (Å²) in [6.45, 7) is 4.82. The Hall–Kier alpha value is -1.27. The lowest BCUT2D eigenvalue weighted by Crippen LogP contribution is -2.44. The SMILES string of the molecule is C[C@@H]1CN(C(=O)c2cc(Br)c3c(c2)OCCO3)CCO1. The van der Waals surface area contributed by atoms with Crippen LogP contribution in [0.5, 0.6) is 11.5 Å². The van der Waals surface area contributed by atoms with Crippen LogP contribution in [-0.4, -0.2) is 49.8 Å². The van der Waals surface area contributed by atoms with E-state index < -0.39 is 0 Å². The highest BCUT2D eigenvalue weighted by atomic mass is 79.9. The van der Waals surface area contributed by atoms with E-state index in [0.717, 1.165) is 4.47 Å². The quantitative estimate of drug-likeness (QED) is 0.784. The van der Waals surface area contributed by atoms with Crippen molar-refractivity contribution in [3.8, 4) is 11.5 Å². The molecule has 0 N–H and O–H groups in total. The number of hydrogen-bond acceptors (Lipinski definition) is 4. The van der Waals surface area contributed by atoms with E-state index in [-0.39, 0.29) is 12.0 Å². The molecule has 3 rings (SSSR count). The van der Waals surface area contributed by atoms with Gasteiger partial charge in [0, 0.05) is 18.7 Å². The second-order valence-corrected chi connectivity index (χ2v) is 5.77. The maximum Gasteiger partial charge on any atom is 0.254 e. The molecule has 0 unspecified atom stereocenters. The highest BCUT2D eigenvalue weighted by Gasteiger charge is 2.25. The third-order valence-electron chi connectivity index (χ3n) is 3.37. The van der Waals surface area contributed by atoms with Gasteiger partial charge in [0.2, 0.25) is 0 Å². The molecule has 1 atom stereocenters. The van der Waals surface area contributed by atoms with Crippen molar-refractivity contribution >= 4 is 21.8 Å². The molecule has 0 aromatic heterocycles. The maximum atomic E-state index is 12.5. The van der Waals surface area contributed by atoms with Gasteiger partial charge in [-0.15, -0.1) is 0 Å². The number of amides is 1. The summed E-state index contributed by atoms with van der Waals surface area (Å²) in [5.74, 6) is 1.29. The Labute approximate surface area is 125 Å². The Kier molecular flexibility index (Phi) is 3.85. The molecule has 2 aliphatic heterocycles. The number of carbonyl (C=O) groups excluding carboxylic acids is 1. The summed E-state index contributed by atoms with van der Waals surface area (Å²) in [6, 6.07) is 3.54. The number of morpholine rings is 1. The van der Waals surface area contributed by atoms with E-state index in [1.165, 1.54) is 0 Å². The molecule has 108 valence electrons. The molecule has 0 bridgehead atoms. The first-order valence-corrected chi connectivity index (χ1v) is 7.44. The summed E-state index contributed by atoms with van der Waals surface area (Å²) in [7, 11) is 0.